The minimum Gasteiger partial charge on any atom is -0.381 e. The number of hydrogen-bond acceptors (Lipinski definition) is 2. The first-order valence-corrected chi connectivity index (χ1v) is 7.10. The van der Waals surface area contributed by atoms with Gasteiger partial charge in [-0.05, 0) is 43.2 Å². The molecule has 1 unspecified atom stereocenters. The largest absolute Gasteiger partial charge is 0.381 e. The molecule has 0 amide bonds. The maximum Gasteiger partial charge on any atom is 0.101 e. The van der Waals surface area contributed by atoms with E-state index in [9.17, 15) is 0 Å². The van der Waals surface area contributed by atoms with Gasteiger partial charge in [-0.15, -0.1) is 0 Å². The van der Waals surface area contributed by atoms with Gasteiger partial charge in [0, 0.05) is 6.04 Å². The predicted octanol–water partition coefficient (Wildman–Crippen LogP) is 4.08. The lowest BCUT2D eigenvalue weighted by molar-refractivity contribution is 0.0571. The second-order valence-corrected chi connectivity index (χ2v) is 5.82. The van der Waals surface area contributed by atoms with Gasteiger partial charge in [-0.3, -0.25) is 0 Å². The number of nitrogens with zero attached hydrogens (tertiary/aromatic N) is 1. The molecule has 2 saturated carbocycles. The highest BCUT2D eigenvalue weighted by Gasteiger charge is 2.46. The van der Waals surface area contributed by atoms with Crippen LogP contribution >= 0.6 is 0 Å². The van der Waals surface area contributed by atoms with Gasteiger partial charge in [-0.1, -0.05) is 31.4 Å². The second kappa shape index (κ2) is 4.65. The van der Waals surface area contributed by atoms with Crippen molar-refractivity contribution in [2.75, 3.05) is 5.32 Å². The van der Waals surface area contributed by atoms with E-state index in [0.29, 0.717) is 11.5 Å². The van der Waals surface area contributed by atoms with Crippen LogP contribution in [0.3, 0.4) is 0 Å². The molecule has 2 aliphatic carbocycles. The van der Waals surface area contributed by atoms with Gasteiger partial charge in [-0.2, -0.15) is 5.26 Å². The molecule has 1 atom stereocenters. The highest BCUT2D eigenvalue weighted by atomic mass is 15.0. The minimum absolute atomic E-state index is 0.542. The number of para-hydroxylation sites is 1. The Labute approximate surface area is 109 Å². The van der Waals surface area contributed by atoms with Crippen molar-refractivity contribution < 1.29 is 0 Å². The van der Waals surface area contributed by atoms with E-state index in [1.54, 1.807) is 0 Å². The molecule has 0 bridgehead atoms. The van der Waals surface area contributed by atoms with Crippen LogP contribution in [0.15, 0.2) is 24.3 Å². The second-order valence-electron chi connectivity index (χ2n) is 5.82. The first-order chi connectivity index (χ1) is 8.84. The first kappa shape index (κ1) is 11.6. The summed E-state index contributed by atoms with van der Waals surface area (Å²) in [6.07, 6.45) is 9.57. The Balaban J connectivity index is 1.75. The summed E-state index contributed by atoms with van der Waals surface area (Å²) in [6.45, 7) is 0. The molecule has 1 spiro atoms. The Morgan fingerprint density at radius 1 is 1.11 bits per heavy atom. The molecule has 1 aromatic rings. The van der Waals surface area contributed by atoms with Crippen LogP contribution in [0.5, 0.6) is 0 Å². The lowest BCUT2D eigenvalue weighted by atomic mass is 9.57. The number of hydrogen-bond donors (Lipinski definition) is 1. The van der Waals surface area contributed by atoms with Crippen LogP contribution in [0.4, 0.5) is 5.69 Å². The molecule has 94 valence electrons. The molecule has 0 aliphatic heterocycles. The number of benzene rings is 1. The summed E-state index contributed by atoms with van der Waals surface area (Å²) in [5.41, 5.74) is 2.34. The predicted molar refractivity (Wildman–Crippen MR) is 73.3 cm³/mol. The fraction of sp³-hybridized carbons (Fsp3) is 0.562. The van der Waals surface area contributed by atoms with Gasteiger partial charge in [-0.25, -0.2) is 0 Å². The zero-order chi connectivity index (χ0) is 12.4. The maximum atomic E-state index is 9.13. The Hall–Kier alpha value is -1.49. The molecule has 2 aliphatic rings. The molecule has 3 rings (SSSR count). The fourth-order valence-corrected chi connectivity index (χ4v) is 3.67. The molecule has 0 heterocycles. The molecule has 18 heavy (non-hydrogen) atoms. The normalized spacial score (nSPS) is 25.2. The first-order valence-electron chi connectivity index (χ1n) is 7.10. The van der Waals surface area contributed by atoms with E-state index >= 15 is 0 Å². The lowest BCUT2D eigenvalue weighted by Gasteiger charge is -2.52. The highest BCUT2D eigenvalue weighted by molar-refractivity contribution is 5.58. The van der Waals surface area contributed by atoms with Crippen LogP contribution in [0, 0.1) is 16.7 Å². The number of nitriles is 1. The molecule has 0 radical (unpaired) electrons. The molecule has 0 saturated heterocycles. The minimum atomic E-state index is 0.542. The van der Waals surface area contributed by atoms with Gasteiger partial charge >= 0.3 is 0 Å². The summed E-state index contributed by atoms with van der Waals surface area (Å²) in [5.74, 6) is 0. The van der Waals surface area contributed by atoms with E-state index in [2.05, 4.69) is 11.4 Å². The third kappa shape index (κ3) is 1.88. The zero-order valence-electron chi connectivity index (χ0n) is 10.8. The van der Waals surface area contributed by atoms with Crippen molar-refractivity contribution >= 4 is 5.69 Å². The van der Waals surface area contributed by atoms with E-state index in [-0.39, 0.29) is 0 Å². The molecule has 2 heteroatoms. The summed E-state index contributed by atoms with van der Waals surface area (Å²) in [5, 5.41) is 12.8. The van der Waals surface area contributed by atoms with Crippen LogP contribution in [0.2, 0.25) is 0 Å². The van der Waals surface area contributed by atoms with Gasteiger partial charge < -0.3 is 5.32 Å². The smallest absolute Gasteiger partial charge is 0.101 e. The van der Waals surface area contributed by atoms with Crippen molar-refractivity contribution in [3.05, 3.63) is 29.8 Å². The van der Waals surface area contributed by atoms with E-state index in [4.69, 9.17) is 5.26 Å². The van der Waals surface area contributed by atoms with Gasteiger partial charge in [0.1, 0.15) is 6.07 Å². The van der Waals surface area contributed by atoms with E-state index in [0.717, 1.165) is 11.3 Å². The van der Waals surface area contributed by atoms with Crippen LogP contribution < -0.4 is 5.32 Å². The van der Waals surface area contributed by atoms with E-state index in [1.807, 2.05) is 24.3 Å². The van der Waals surface area contributed by atoms with Crippen LogP contribution in [0.1, 0.15) is 50.5 Å². The highest BCUT2D eigenvalue weighted by Crippen LogP contribution is 2.52. The monoisotopic (exact) mass is 240 g/mol. The molecule has 1 N–H and O–H groups in total. The Bertz CT molecular complexity index is 466. The average Bonchev–Trinajstić information content (AvgIpc) is 2.45. The Morgan fingerprint density at radius 3 is 2.56 bits per heavy atom. The number of rotatable bonds is 2. The van der Waals surface area contributed by atoms with Gasteiger partial charge in [0.15, 0.2) is 0 Å². The van der Waals surface area contributed by atoms with Crippen molar-refractivity contribution in [3.8, 4) is 6.07 Å². The van der Waals surface area contributed by atoms with Crippen molar-refractivity contribution in [3.63, 3.8) is 0 Å². The molecule has 2 nitrogen and oxygen atoms in total. The molecule has 1 aromatic carbocycles. The third-order valence-electron chi connectivity index (χ3n) is 4.90. The molecule has 0 aromatic heterocycles. The fourth-order valence-electron chi connectivity index (χ4n) is 3.67. The van der Waals surface area contributed by atoms with Gasteiger partial charge in [0.2, 0.25) is 0 Å². The van der Waals surface area contributed by atoms with Crippen molar-refractivity contribution in [2.45, 2.75) is 51.0 Å². The summed E-state index contributed by atoms with van der Waals surface area (Å²) < 4.78 is 0. The van der Waals surface area contributed by atoms with Crippen molar-refractivity contribution in [2.24, 2.45) is 5.41 Å². The number of anilines is 1. The van der Waals surface area contributed by atoms with E-state index < -0.39 is 0 Å². The zero-order valence-corrected chi connectivity index (χ0v) is 10.8. The Kier molecular flexibility index (Phi) is 2.99. The topological polar surface area (TPSA) is 35.8 Å². The van der Waals surface area contributed by atoms with E-state index in [1.165, 1.54) is 44.9 Å². The van der Waals surface area contributed by atoms with Crippen molar-refractivity contribution in [1.29, 1.82) is 5.26 Å². The van der Waals surface area contributed by atoms with Crippen LogP contribution in [0.25, 0.3) is 0 Å². The third-order valence-corrected chi connectivity index (χ3v) is 4.90. The quantitative estimate of drug-likeness (QED) is 0.845. The number of nitrogens with one attached hydrogen (secondary N) is 1. The SMILES string of the molecule is N#Cc1ccccc1NC1CCC12CCCCC2. The summed E-state index contributed by atoms with van der Waals surface area (Å²) in [7, 11) is 0. The molecular weight excluding hydrogens is 220 g/mol. The summed E-state index contributed by atoms with van der Waals surface area (Å²) >= 11 is 0. The molecule has 2 fully saturated rings. The van der Waals surface area contributed by atoms with Gasteiger partial charge in [0.05, 0.1) is 11.3 Å². The van der Waals surface area contributed by atoms with Crippen molar-refractivity contribution in [1.82, 2.24) is 0 Å². The maximum absolute atomic E-state index is 9.13. The lowest BCUT2D eigenvalue weighted by Crippen LogP contribution is -2.50. The summed E-state index contributed by atoms with van der Waals surface area (Å²) in [6, 6.07) is 10.7. The van der Waals surface area contributed by atoms with Crippen LogP contribution in [-0.4, -0.2) is 6.04 Å². The summed E-state index contributed by atoms with van der Waals surface area (Å²) in [4.78, 5) is 0. The molecular formula is C16H20N2. The van der Waals surface area contributed by atoms with Gasteiger partial charge in [0.25, 0.3) is 0 Å². The Morgan fingerprint density at radius 2 is 1.89 bits per heavy atom. The standard InChI is InChI=1S/C16H20N2/c17-12-13-6-2-3-7-14(13)18-15-8-11-16(15)9-4-1-5-10-16/h2-3,6-7,15,18H,1,4-5,8-11H2. The average molecular weight is 240 g/mol. The van der Waals surface area contributed by atoms with Crippen LogP contribution in [-0.2, 0) is 0 Å².